The lowest BCUT2D eigenvalue weighted by Gasteiger charge is -2.09. The number of benzene rings is 2. The smallest absolute Gasteiger partial charge is 0.324 e. The Labute approximate surface area is 219 Å². The second-order valence-electron chi connectivity index (χ2n) is 7.84. The molecule has 0 aliphatic rings. The number of urea groups is 1. The van der Waals surface area contributed by atoms with Crippen LogP contribution in [0, 0.1) is 0 Å². The average molecular weight is 503 g/mol. The lowest BCUT2D eigenvalue weighted by molar-refractivity contribution is 0.262. The van der Waals surface area contributed by atoms with Gasteiger partial charge < -0.3 is 16.8 Å². The topological polar surface area (TPSA) is 145 Å². The number of aromatic nitrogens is 4. The number of hydrogen-bond donors (Lipinski definition) is 4. The molecular weight excluding hydrogens is 476 g/mol. The molecule has 0 saturated carbocycles. The third kappa shape index (κ3) is 7.22. The van der Waals surface area contributed by atoms with Gasteiger partial charge in [0, 0.05) is 41.2 Å². The Kier molecular flexibility index (Phi) is 8.69. The molecule has 0 aliphatic heterocycles. The molecule has 0 saturated heterocycles. The molecule has 6 aromatic rings. The molecule has 0 aliphatic carbocycles. The molecule has 2 amide bonds. The van der Waals surface area contributed by atoms with Crippen LogP contribution in [-0.2, 0) is 0 Å². The van der Waals surface area contributed by atoms with E-state index in [2.05, 4.69) is 30.6 Å². The van der Waals surface area contributed by atoms with Gasteiger partial charge in [0.25, 0.3) is 0 Å². The molecule has 6 rings (SSSR count). The monoisotopic (exact) mass is 502 g/mol. The van der Waals surface area contributed by atoms with Crippen LogP contribution in [0.3, 0.4) is 0 Å². The minimum Gasteiger partial charge on any atom is -0.398 e. The summed E-state index contributed by atoms with van der Waals surface area (Å²) in [5.74, 6) is 1.07. The largest absolute Gasteiger partial charge is 0.398 e. The van der Waals surface area contributed by atoms with Gasteiger partial charge in [0.05, 0.1) is 16.7 Å². The van der Waals surface area contributed by atoms with Crippen LogP contribution in [0.15, 0.2) is 122 Å². The maximum atomic E-state index is 11.9. The third-order valence-corrected chi connectivity index (χ3v) is 5.17. The van der Waals surface area contributed by atoms with E-state index in [0.29, 0.717) is 17.3 Å². The molecule has 188 valence electrons. The van der Waals surface area contributed by atoms with Crippen molar-refractivity contribution in [2.75, 3.05) is 22.1 Å². The number of fused-ring (bicyclic) bond motifs is 2. The van der Waals surface area contributed by atoms with Crippen molar-refractivity contribution in [3.05, 3.63) is 122 Å². The standard InChI is InChI=1S/C15H12N4O.C9H8N2.C5H6N2/c20-15(19-14-7-3-4-9-17-14)18-13-8-10-16-12-6-2-1-5-11(12)13;10-8-5-6-11-9-4-2-1-3-7(8)9;6-5-3-1-2-4-7-5/h1-10H,(H2,16,17,18,19,20);1-6H,(H2,10,11);1-4H,(H2,6,7). The Bertz CT molecular complexity index is 1600. The van der Waals surface area contributed by atoms with Gasteiger partial charge in [-0.25, -0.2) is 14.8 Å². The summed E-state index contributed by atoms with van der Waals surface area (Å²) < 4.78 is 0. The fourth-order valence-corrected chi connectivity index (χ4v) is 3.41. The molecule has 0 radical (unpaired) electrons. The SMILES string of the molecule is Nc1ccccn1.Nc1ccnc2ccccc12.O=C(Nc1ccccn1)Nc1ccnc2ccccc12. The highest BCUT2D eigenvalue weighted by atomic mass is 16.2. The number of nitrogens with one attached hydrogen (secondary N) is 2. The van der Waals surface area contributed by atoms with Gasteiger partial charge in [0.15, 0.2) is 0 Å². The number of carbonyl (C=O) groups is 1. The van der Waals surface area contributed by atoms with Gasteiger partial charge in [-0.15, -0.1) is 0 Å². The van der Waals surface area contributed by atoms with Crippen molar-refractivity contribution in [3.8, 4) is 0 Å². The first-order valence-electron chi connectivity index (χ1n) is 11.7. The van der Waals surface area contributed by atoms with E-state index in [-0.39, 0.29) is 6.03 Å². The zero-order valence-electron chi connectivity index (χ0n) is 20.4. The van der Waals surface area contributed by atoms with Gasteiger partial charge in [-0.2, -0.15) is 0 Å². The summed E-state index contributed by atoms with van der Waals surface area (Å²) in [6, 6.07) is 29.5. The molecule has 0 unspecified atom stereocenters. The van der Waals surface area contributed by atoms with Crippen LogP contribution in [0.5, 0.6) is 0 Å². The van der Waals surface area contributed by atoms with Gasteiger partial charge >= 0.3 is 6.03 Å². The quantitative estimate of drug-likeness (QED) is 0.236. The minimum atomic E-state index is -0.333. The van der Waals surface area contributed by atoms with Gasteiger partial charge in [-0.05, 0) is 48.5 Å². The molecule has 4 heterocycles. The third-order valence-electron chi connectivity index (χ3n) is 5.17. The van der Waals surface area contributed by atoms with Crippen molar-refractivity contribution < 1.29 is 4.79 Å². The number of carbonyl (C=O) groups excluding carboxylic acids is 1. The van der Waals surface area contributed by atoms with E-state index in [1.54, 1.807) is 49.1 Å². The van der Waals surface area contributed by atoms with Crippen molar-refractivity contribution in [3.63, 3.8) is 0 Å². The van der Waals surface area contributed by atoms with Crippen molar-refractivity contribution in [2.24, 2.45) is 0 Å². The number of anilines is 4. The summed E-state index contributed by atoms with van der Waals surface area (Å²) in [4.78, 5) is 28.1. The maximum Gasteiger partial charge on any atom is 0.324 e. The number of amides is 2. The van der Waals surface area contributed by atoms with Crippen LogP contribution in [0.2, 0.25) is 0 Å². The molecule has 6 N–H and O–H groups in total. The lowest BCUT2D eigenvalue weighted by Crippen LogP contribution is -2.20. The van der Waals surface area contributed by atoms with E-state index < -0.39 is 0 Å². The summed E-state index contributed by atoms with van der Waals surface area (Å²) in [6.45, 7) is 0. The summed E-state index contributed by atoms with van der Waals surface area (Å²) in [6.07, 6.45) is 6.67. The second kappa shape index (κ2) is 12.9. The molecule has 0 atom stereocenters. The molecule has 9 heteroatoms. The Hall–Kier alpha value is -5.57. The predicted octanol–water partition coefficient (Wildman–Crippen LogP) is 5.75. The molecule has 4 aromatic heterocycles. The second-order valence-corrected chi connectivity index (χ2v) is 7.84. The van der Waals surface area contributed by atoms with Crippen LogP contribution in [0.4, 0.5) is 27.8 Å². The highest BCUT2D eigenvalue weighted by Gasteiger charge is 2.06. The molecule has 9 nitrogen and oxygen atoms in total. The van der Waals surface area contributed by atoms with Crippen LogP contribution in [-0.4, -0.2) is 26.0 Å². The van der Waals surface area contributed by atoms with E-state index in [9.17, 15) is 4.79 Å². The maximum absolute atomic E-state index is 11.9. The first kappa shape index (κ1) is 25.5. The molecule has 38 heavy (non-hydrogen) atoms. The Balaban J connectivity index is 0.000000155. The van der Waals surface area contributed by atoms with Gasteiger partial charge in [-0.1, -0.05) is 48.5 Å². The number of nitrogens with two attached hydrogens (primary N) is 2. The number of nitrogens with zero attached hydrogens (tertiary/aromatic N) is 4. The lowest BCUT2D eigenvalue weighted by atomic mass is 10.2. The van der Waals surface area contributed by atoms with Crippen molar-refractivity contribution in [1.82, 2.24) is 19.9 Å². The first-order chi connectivity index (χ1) is 18.6. The summed E-state index contributed by atoms with van der Waals surface area (Å²) >= 11 is 0. The van der Waals surface area contributed by atoms with E-state index in [1.165, 1.54) is 0 Å². The first-order valence-corrected chi connectivity index (χ1v) is 11.7. The van der Waals surface area contributed by atoms with E-state index in [0.717, 1.165) is 27.5 Å². The Morgan fingerprint density at radius 2 is 1.16 bits per heavy atom. The number of rotatable bonds is 2. The minimum absolute atomic E-state index is 0.333. The number of pyridine rings is 4. The van der Waals surface area contributed by atoms with Gasteiger partial charge in [0.2, 0.25) is 0 Å². The molecular formula is C29H26N8O. The van der Waals surface area contributed by atoms with Crippen molar-refractivity contribution >= 4 is 50.8 Å². The van der Waals surface area contributed by atoms with Gasteiger partial charge in [-0.3, -0.25) is 15.3 Å². The fraction of sp³-hybridized carbons (Fsp3) is 0. The Morgan fingerprint density at radius 1 is 0.553 bits per heavy atom. The van der Waals surface area contributed by atoms with Gasteiger partial charge in [0.1, 0.15) is 11.6 Å². The molecule has 0 bridgehead atoms. The molecule has 0 spiro atoms. The van der Waals surface area contributed by atoms with E-state index >= 15 is 0 Å². The van der Waals surface area contributed by atoms with E-state index in [4.69, 9.17) is 11.5 Å². The predicted molar refractivity (Wildman–Crippen MR) is 153 cm³/mol. The summed E-state index contributed by atoms with van der Waals surface area (Å²) in [7, 11) is 0. The average Bonchev–Trinajstić information content (AvgIpc) is 2.95. The zero-order chi connectivity index (χ0) is 26.6. The molecule has 2 aromatic carbocycles. The highest BCUT2D eigenvalue weighted by Crippen LogP contribution is 2.21. The number of nitrogen functional groups attached to an aromatic ring is 2. The van der Waals surface area contributed by atoms with E-state index in [1.807, 2.05) is 72.8 Å². The van der Waals surface area contributed by atoms with Crippen LogP contribution in [0.25, 0.3) is 21.8 Å². The number of hydrogen-bond acceptors (Lipinski definition) is 7. The van der Waals surface area contributed by atoms with Crippen LogP contribution in [0.1, 0.15) is 0 Å². The summed E-state index contributed by atoms with van der Waals surface area (Å²) in [5.41, 5.74) is 14.3. The zero-order valence-corrected chi connectivity index (χ0v) is 20.4. The number of para-hydroxylation sites is 2. The fourth-order valence-electron chi connectivity index (χ4n) is 3.41. The Morgan fingerprint density at radius 3 is 1.76 bits per heavy atom. The normalized spacial score (nSPS) is 9.89. The summed E-state index contributed by atoms with van der Waals surface area (Å²) in [5, 5.41) is 7.39. The molecule has 0 fully saturated rings. The van der Waals surface area contributed by atoms with Crippen molar-refractivity contribution in [2.45, 2.75) is 0 Å². The van der Waals surface area contributed by atoms with Crippen LogP contribution < -0.4 is 22.1 Å². The van der Waals surface area contributed by atoms with Crippen LogP contribution >= 0.6 is 0 Å². The van der Waals surface area contributed by atoms with Crippen molar-refractivity contribution in [1.29, 1.82) is 0 Å². The highest BCUT2D eigenvalue weighted by molar-refractivity contribution is 6.05.